The fraction of sp³-hybridized carbons (Fsp3) is 0.250. The second-order valence-electron chi connectivity index (χ2n) is 7.32. The summed E-state index contributed by atoms with van der Waals surface area (Å²) in [4.78, 5) is 42.5. The first-order chi connectivity index (χ1) is 16.3. The molecule has 0 saturated carbocycles. The van der Waals surface area contributed by atoms with Crippen LogP contribution in [0.5, 0.6) is 11.5 Å². The van der Waals surface area contributed by atoms with E-state index in [1.54, 1.807) is 50.3 Å². The molecule has 3 aromatic rings. The lowest BCUT2D eigenvalue weighted by molar-refractivity contribution is -0.139. The van der Waals surface area contributed by atoms with E-state index in [4.69, 9.17) is 18.6 Å². The summed E-state index contributed by atoms with van der Waals surface area (Å²) in [7, 11) is 1.46. The minimum atomic E-state index is -0.798. The van der Waals surface area contributed by atoms with Crippen LogP contribution in [-0.2, 0) is 14.3 Å². The number of hydrogen-bond donors (Lipinski definition) is 0. The number of hydrogen-bond acceptors (Lipinski definition) is 9. The Hall–Kier alpha value is -3.92. The fourth-order valence-corrected chi connectivity index (χ4v) is 4.72. The Bertz CT molecular complexity index is 1460. The molecule has 1 aliphatic heterocycles. The average Bonchev–Trinajstić information content (AvgIpc) is 3.42. The number of ether oxygens (including phenoxy) is 3. The molecule has 0 spiro atoms. The van der Waals surface area contributed by atoms with Gasteiger partial charge in [0.25, 0.3) is 5.56 Å². The third-order valence-electron chi connectivity index (χ3n) is 5.07. The summed E-state index contributed by atoms with van der Waals surface area (Å²) < 4.78 is 23.1. The number of allylic oxidation sites excluding steroid dienone is 1. The van der Waals surface area contributed by atoms with Crippen molar-refractivity contribution in [3.05, 3.63) is 78.9 Å². The number of benzene rings is 1. The second kappa shape index (κ2) is 9.52. The van der Waals surface area contributed by atoms with Crippen LogP contribution in [0.4, 0.5) is 0 Å². The SMILES string of the molecule is CCOC(=O)C1=C(C)N=c2s/c(=C\c3ccc(OC(C)=O)c(OC)c3)c(=O)n2C1c1ccco1. The van der Waals surface area contributed by atoms with E-state index in [-0.39, 0.29) is 23.5 Å². The quantitative estimate of drug-likeness (QED) is 0.392. The molecular weight excluding hydrogens is 460 g/mol. The van der Waals surface area contributed by atoms with E-state index in [1.807, 2.05) is 0 Å². The molecule has 176 valence electrons. The number of fused-ring (bicyclic) bond motifs is 1. The van der Waals surface area contributed by atoms with Crippen molar-refractivity contribution in [1.82, 2.24) is 4.57 Å². The first-order valence-electron chi connectivity index (χ1n) is 10.4. The zero-order valence-electron chi connectivity index (χ0n) is 19.0. The van der Waals surface area contributed by atoms with Gasteiger partial charge in [-0.15, -0.1) is 0 Å². The summed E-state index contributed by atoms with van der Waals surface area (Å²) in [5.74, 6) is 0.0412. The van der Waals surface area contributed by atoms with Crippen LogP contribution in [0.2, 0.25) is 0 Å². The van der Waals surface area contributed by atoms with Crippen molar-refractivity contribution in [1.29, 1.82) is 0 Å². The number of carbonyl (C=O) groups excluding carboxylic acids is 2. The van der Waals surface area contributed by atoms with Gasteiger partial charge in [-0.05, 0) is 49.8 Å². The van der Waals surface area contributed by atoms with Crippen LogP contribution in [0.15, 0.2) is 62.1 Å². The molecule has 34 heavy (non-hydrogen) atoms. The van der Waals surface area contributed by atoms with Gasteiger partial charge in [0.15, 0.2) is 16.3 Å². The molecule has 4 rings (SSSR count). The van der Waals surface area contributed by atoms with E-state index in [0.29, 0.717) is 32.1 Å². The Balaban J connectivity index is 1.86. The summed E-state index contributed by atoms with van der Waals surface area (Å²) in [5.41, 5.74) is 1.04. The number of nitrogens with zero attached hydrogens (tertiary/aromatic N) is 2. The van der Waals surface area contributed by atoms with Crippen molar-refractivity contribution in [3.8, 4) is 11.5 Å². The minimum absolute atomic E-state index is 0.191. The lowest BCUT2D eigenvalue weighted by Gasteiger charge is -2.22. The van der Waals surface area contributed by atoms with E-state index >= 15 is 0 Å². The van der Waals surface area contributed by atoms with Crippen LogP contribution >= 0.6 is 11.3 Å². The maximum absolute atomic E-state index is 13.5. The number of esters is 2. The standard InChI is InChI=1S/C24H22N2O7S/c1-5-31-23(29)20-13(2)25-24-26(21(20)17-7-6-10-32-17)22(28)19(34-24)12-15-8-9-16(33-14(3)27)18(11-15)30-4/h6-12,21H,5H2,1-4H3/b19-12-. The highest BCUT2D eigenvalue weighted by Gasteiger charge is 2.35. The fourth-order valence-electron chi connectivity index (χ4n) is 3.67. The van der Waals surface area contributed by atoms with Gasteiger partial charge in [0.1, 0.15) is 11.8 Å². The molecule has 2 aromatic heterocycles. The van der Waals surface area contributed by atoms with Gasteiger partial charge in [-0.3, -0.25) is 14.2 Å². The third kappa shape index (κ3) is 4.32. The molecule has 0 saturated heterocycles. The Morgan fingerprint density at radius 2 is 2.06 bits per heavy atom. The van der Waals surface area contributed by atoms with Crippen LogP contribution < -0.4 is 24.4 Å². The maximum atomic E-state index is 13.5. The smallest absolute Gasteiger partial charge is 0.338 e. The molecular formula is C24H22N2O7S. The predicted molar refractivity (Wildman–Crippen MR) is 123 cm³/mol. The summed E-state index contributed by atoms with van der Waals surface area (Å²) in [6.07, 6.45) is 3.17. The largest absolute Gasteiger partial charge is 0.493 e. The van der Waals surface area contributed by atoms with Gasteiger partial charge in [-0.25, -0.2) is 9.79 Å². The van der Waals surface area contributed by atoms with Crippen molar-refractivity contribution < 1.29 is 28.2 Å². The monoisotopic (exact) mass is 482 g/mol. The number of rotatable bonds is 6. The molecule has 10 heteroatoms. The van der Waals surface area contributed by atoms with Crippen molar-refractivity contribution in [2.75, 3.05) is 13.7 Å². The predicted octanol–water partition coefficient (Wildman–Crippen LogP) is 2.33. The Morgan fingerprint density at radius 3 is 2.71 bits per heavy atom. The van der Waals surface area contributed by atoms with Crippen LogP contribution in [-0.4, -0.2) is 30.2 Å². The zero-order chi connectivity index (χ0) is 24.4. The minimum Gasteiger partial charge on any atom is -0.493 e. The van der Waals surface area contributed by atoms with Crippen LogP contribution in [0.25, 0.3) is 6.08 Å². The summed E-state index contributed by atoms with van der Waals surface area (Å²) in [6.45, 7) is 4.91. The molecule has 3 heterocycles. The highest BCUT2D eigenvalue weighted by molar-refractivity contribution is 7.07. The average molecular weight is 483 g/mol. The molecule has 9 nitrogen and oxygen atoms in total. The molecule has 0 radical (unpaired) electrons. The van der Waals surface area contributed by atoms with Crippen molar-refractivity contribution in [2.24, 2.45) is 4.99 Å². The first kappa shape index (κ1) is 23.2. The van der Waals surface area contributed by atoms with E-state index in [2.05, 4.69) is 4.99 Å². The molecule has 0 bridgehead atoms. The number of carbonyl (C=O) groups is 2. The summed E-state index contributed by atoms with van der Waals surface area (Å²) in [6, 6.07) is 7.57. The molecule has 1 atom stereocenters. The Labute approximate surface area is 198 Å². The van der Waals surface area contributed by atoms with Gasteiger partial charge < -0.3 is 18.6 Å². The number of thiazole rings is 1. The molecule has 1 unspecified atom stereocenters. The highest BCUT2D eigenvalue weighted by Crippen LogP contribution is 2.31. The summed E-state index contributed by atoms with van der Waals surface area (Å²) >= 11 is 1.19. The number of aromatic nitrogens is 1. The number of furan rings is 1. The lowest BCUT2D eigenvalue weighted by Crippen LogP contribution is -2.39. The third-order valence-corrected chi connectivity index (χ3v) is 6.05. The first-order valence-corrected chi connectivity index (χ1v) is 11.2. The van der Waals surface area contributed by atoms with E-state index in [1.165, 1.54) is 36.2 Å². The molecule has 1 aromatic carbocycles. The van der Waals surface area contributed by atoms with E-state index in [0.717, 1.165) is 0 Å². The molecule has 0 aliphatic carbocycles. The second-order valence-corrected chi connectivity index (χ2v) is 8.33. The Morgan fingerprint density at radius 1 is 1.26 bits per heavy atom. The zero-order valence-corrected chi connectivity index (χ0v) is 19.8. The van der Waals surface area contributed by atoms with Crippen LogP contribution in [0.3, 0.4) is 0 Å². The van der Waals surface area contributed by atoms with Crippen molar-refractivity contribution >= 4 is 29.4 Å². The van der Waals surface area contributed by atoms with Gasteiger partial charge in [0, 0.05) is 6.92 Å². The molecule has 0 amide bonds. The normalized spacial score (nSPS) is 15.5. The van der Waals surface area contributed by atoms with E-state index < -0.39 is 18.0 Å². The van der Waals surface area contributed by atoms with Crippen molar-refractivity contribution in [3.63, 3.8) is 0 Å². The van der Waals surface area contributed by atoms with Gasteiger partial charge >= 0.3 is 11.9 Å². The molecule has 1 aliphatic rings. The Kier molecular flexibility index (Phi) is 6.51. The number of methoxy groups -OCH3 is 1. The summed E-state index contributed by atoms with van der Waals surface area (Å²) in [5, 5.41) is 0. The molecule has 0 fully saturated rings. The van der Waals surface area contributed by atoms with E-state index in [9.17, 15) is 14.4 Å². The molecule has 0 N–H and O–H groups in total. The highest BCUT2D eigenvalue weighted by atomic mass is 32.1. The van der Waals surface area contributed by atoms with Gasteiger partial charge in [0.2, 0.25) is 0 Å². The van der Waals surface area contributed by atoms with Gasteiger partial charge in [-0.1, -0.05) is 17.4 Å². The van der Waals surface area contributed by atoms with Crippen LogP contribution in [0, 0.1) is 0 Å². The van der Waals surface area contributed by atoms with Crippen molar-refractivity contribution in [2.45, 2.75) is 26.8 Å². The van der Waals surface area contributed by atoms with Gasteiger partial charge in [0.05, 0.1) is 35.8 Å². The van der Waals surface area contributed by atoms with Gasteiger partial charge in [-0.2, -0.15) is 0 Å². The lowest BCUT2D eigenvalue weighted by atomic mass is 10.0. The topological polar surface area (TPSA) is 109 Å². The van der Waals surface area contributed by atoms with Crippen LogP contribution in [0.1, 0.15) is 38.1 Å². The maximum Gasteiger partial charge on any atom is 0.338 e.